The number of ether oxygens (including phenoxy) is 1. The second kappa shape index (κ2) is 7.68. The number of nitrogens with one attached hydrogen (secondary N) is 1. The van der Waals surface area contributed by atoms with Crippen LogP contribution in [-0.4, -0.2) is 30.9 Å². The van der Waals surface area contributed by atoms with Crippen LogP contribution in [0, 0.1) is 5.41 Å². The molecule has 1 saturated carbocycles. The van der Waals surface area contributed by atoms with Crippen LogP contribution in [-0.2, 0) is 0 Å². The third kappa shape index (κ3) is 4.49. The molecule has 1 aromatic carbocycles. The van der Waals surface area contributed by atoms with Gasteiger partial charge in [0.2, 0.25) is 0 Å². The van der Waals surface area contributed by atoms with Crippen molar-refractivity contribution < 1.29 is 9.84 Å². The van der Waals surface area contributed by atoms with Crippen molar-refractivity contribution in [2.45, 2.75) is 38.7 Å². The van der Waals surface area contributed by atoms with E-state index in [4.69, 9.17) is 27.9 Å². The van der Waals surface area contributed by atoms with E-state index in [1.54, 1.807) is 18.2 Å². The molecular weight excluding hydrogens is 309 g/mol. The van der Waals surface area contributed by atoms with Gasteiger partial charge in [-0.05, 0) is 36.8 Å². The number of aliphatic hydroxyl groups excluding tert-OH is 1. The van der Waals surface area contributed by atoms with Crippen LogP contribution >= 0.6 is 23.2 Å². The molecule has 118 valence electrons. The van der Waals surface area contributed by atoms with E-state index in [-0.39, 0.29) is 6.61 Å². The Bertz CT molecular complexity index is 438. The van der Waals surface area contributed by atoms with Gasteiger partial charge in [0.05, 0.1) is 10.0 Å². The van der Waals surface area contributed by atoms with Gasteiger partial charge < -0.3 is 15.2 Å². The van der Waals surface area contributed by atoms with Crippen LogP contribution in [0.4, 0.5) is 0 Å². The first-order valence-electron chi connectivity index (χ1n) is 7.52. The highest BCUT2D eigenvalue weighted by Gasteiger charge is 2.34. The molecule has 2 rings (SSSR count). The first kappa shape index (κ1) is 16.9. The topological polar surface area (TPSA) is 41.5 Å². The molecule has 1 aromatic rings. The Morgan fingerprint density at radius 2 is 2.00 bits per heavy atom. The minimum Gasteiger partial charge on any atom is -0.488 e. The number of halogens is 2. The zero-order valence-electron chi connectivity index (χ0n) is 12.4. The van der Waals surface area contributed by atoms with Gasteiger partial charge in [-0.1, -0.05) is 42.6 Å². The molecule has 0 heterocycles. The minimum absolute atomic E-state index is 0.176. The summed E-state index contributed by atoms with van der Waals surface area (Å²) in [5.74, 6) is 0.434. The van der Waals surface area contributed by atoms with Gasteiger partial charge in [-0.3, -0.25) is 0 Å². The van der Waals surface area contributed by atoms with E-state index in [2.05, 4.69) is 12.2 Å². The molecule has 21 heavy (non-hydrogen) atoms. The van der Waals surface area contributed by atoms with Gasteiger partial charge in [-0.25, -0.2) is 0 Å². The summed E-state index contributed by atoms with van der Waals surface area (Å²) in [4.78, 5) is 0. The molecule has 0 spiro atoms. The molecule has 0 radical (unpaired) electrons. The van der Waals surface area contributed by atoms with Crippen molar-refractivity contribution in [2.24, 2.45) is 5.41 Å². The Labute approximate surface area is 136 Å². The van der Waals surface area contributed by atoms with Crippen LogP contribution in [0.25, 0.3) is 0 Å². The summed E-state index contributed by atoms with van der Waals surface area (Å²) in [6.45, 7) is 3.90. The molecule has 0 amide bonds. The van der Waals surface area contributed by atoms with Crippen molar-refractivity contribution >= 4 is 23.2 Å². The smallest absolute Gasteiger partial charge is 0.156 e. The summed E-state index contributed by atoms with van der Waals surface area (Å²) in [6, 6.07) is 5.20. The number of para-hydroxylation sites is 1. The number of hydrogen-bond donors (Lipinski definition) is 2. The van der Waals surface area contributed by atoms with Crippen molar-refractivity contribution in [2.75, 3.05) is 19.7 Å². The highest BCUT2D eigenvalue weighted by atomic mass is 35.5. The molecule has 1 aliphatic carbocycles. The predicted octanol–water partition coefficient (Wildman–Crippen LogP) is 3.90. The lowest BCUT2D eigenvalue weighted by atomic mass is 9.67. The standard InChI is InChI=1S/C16H23Cl2NO2/c1-2-16(7-4-8-16)11-19-9-12(20)10-21-15-13(17)5-3-6-14(15)18/h3,5-6,12,19-20H,2,4,7-11H2,1H3. The van der Waals surface area contributed by atoms with Crippen molar-refractivity contribution in [1.29, 1.82) is 0 Å². The second-order valence-electron chi connectivity index (χ2n) is 5.85. The molecule has 3 nitrogen and oxygen atoms in total. The average molecular weight is 332 g/mol. The van der Waals surface area contributed by atoms with E-state index < -0.39 is 6.10 Å². The fraction of sp³-hybridized carbons (Fsp3) is 0.625. The summed E-state index contributed by atoms with van der Waals surface area (Å²) >= 11 is 12.0. The molecule has 1 aliphatic rings. The molecule has 0 bridgehead atoms. The van der Waals surface area contributed by atoms with Crippen molar-refractivity contribution in [3.63, 3.8) is 0 Å². The molecule has 0 saturated heterocycles. The van der Waals surface area contributed by atoms with Gasteiger partial charge in [0.15, 0.2) is 5.75 Å². The van der Waals surface area contributed by atoms with Gasteiger partial charge in [-0.15, -0.1) is 0 Å². The molecule has 2 N–H and O–H groups in total. The number of aliphatic hydroxyl groups is 1. The van der Waals surface area contributed by atoms with E-state index in [1.807, 2.05) is 0 Å². The van der Waals surface area contributed by atoms with Gasteiger partial charge in [-0.2, -0.15) is 0 Å². The van der Waals surface area contributed by atoms with Crippen LogP contribution in [0.15, 0.2) is 18.2 Å². The Morgan fingerprint density at radius 3 is 2.52 bits per heavy atom. The van der Waals surface area contributed by atoms with Crippen LogP contribution in [0.3, 0.4) is 0 Å². The van der Waals surface area contributed by atoms with Gasteiger partial charge in [0.1, 0.15) is 12.7 Å². The minimum atomic E-state index is -0.577. The first-order chi connectivity index (χ1) is 10.1. The summed E-state index contributed by atoms with van der Waals surface area (Å²) in [7, 11) is 0. The molecule has 5 heteroatoms. The van der Waals surface area contributed by atoms with Gasteiger partial charge >= 0.3 is 0 Å². The third-order valence-corrected chi connectivity index (χ3v) is 4.98. The van der Waals surface area contributed by atoms with E-state index in [1.165, 1.54) is 25.7 Å². The lowest BCUT2D eigenvalue weighted by Crippen LogP contribution is -2.42. The van der Waals surface area contributed by atoms with Crippen molar-refractivity contribution in [1.82, 2.24) is 5.32 Å². The summed E-state index contributed by atoms with van der Waals surface area (Å²) in [5, 5.41) is 14.2. The summed E-state index contributed by atoms with van der Waals surface area (Å²) < 4.78 is 5.52. The summed E-state index contributed by atoms with van der Waals surface area (Å²) in [5.41, 5.74) is 0.451. The van der Waals surface area contributed by atoms with Crippen molar-refractivity contribution in [3.8, 4) is 5.75 Å². The maximum Gasteiger partial charge on any atom is 0.156 e. The maximum atomic E-state index is 9.98. The monoisotopic (exact) mass is 331 g/mol. The van der Waals surface area contributed by atoms with E-state index in [0.29, 0.717) is 27.8 Å². The lowest BCUT2D eigenvalue weighted by Gasteiger charge is -2.41. The zero-order valence-corrected chi connectivity index (χ0v) is 13.9. The highest BCUT2D eigenvalue weighted by Crippen LogP contribution is 2.43. The Morgan fingerprint density at radius 1 is 1.33 bits per heavy atom. The summed E-state index contributed by atoms with van der Waals surface area (Å²) in [6.07, 6.45) is 4.52. The van der Waals surface area contributed by atoms with E-state index in [0.717, 1.165) is 6.54 Å². The molecule has 1 atom stereocenters. The Hall–Kier alpha value is -0.480. The molecular formula is C16H23Cl2NO2. The number of hydrogen-bond acceptors (Lipinski definition) is 3. The van der Waals surface area contributed by atoms with E-state index >= 15 is 0 Å². The quantitative estimate of drug-likeness (QED) is 0.759. The zero-order chi connectivity index (χ0) is 15.3. The maximum absolute atomic E-state index is 9.98. The largest absolute Gasteiger partial charge is 0.488 e. The Kier molecular flexibility index (Phi) is 6.18. The SMILES string of the molecule is CCC1(CNCC(O)COc2c(Cl)cccc2Cl)CCC1. The average Bonchev–Trinajstić information content (AvgIpc) is 2.41. The highest BCUT2D eigenvalue weighted by molar-refractivity contribution is 6.37. The van der Waals surface area contributed by atoms with Crippen molar-refractivity contribution in [3.05, 3.63) is 28.2 Å². The van der Waals surface area contributed by atoms with Gasteiger partial charge in [0, 0.05) is 13.1 Å². The van der Waals surface area contributed by atoms with Crippen LogP contribution in [0.2, 0.25) is 10.0 Å². The predicted molar refractivity (Wildman–Crippen MR) is 87.4 cm³/mol. The normalized spacial score (nSPS) is 18.1. The number of rotatable bonds is 8. The first-order valence-corrected chi connectivity index (χ1v) is 8.27. The van der Waals surface area contributed by atoms with Crippen LogP contribution in [0.5, 0.6) is 5.75 Å². The molecule has 0 aromatic heterocycles. The number of benzene rings is 1. The van der Waals surface area contributed by atoms with Crippen LogP contribution in [0.1, 0.15) is 32.6 Å². The lowest BCUT2D eigenvalue weighted by molar-refractivity contribution is 0.0870. The molecule has 1 fully saturated rings. The molecule has 1 unspecified atom stereocenters. The Balaban J connectivity index is 1.71. The van der Waals surface area contributed by atoms with Gasteiger partial charge in [0.25, 0.3) is 0 Å². The van der Waals surface area contributed by atoms with E-state index in [9.17, 15) is 5.11 Å². The second-order valence-corrected chi connectivity index (χ2v) is 6.67. The van der Waals surface area contributed by atoms with Crippen LogP contribution < -0.4 is 10.1 Å². The molecule has 0 aliphatic heterocycles. The third-order valence-electron chi connectivity index (χ3n) is 4.38. The fourth-order valence-corrected chi connectivity index (χ4v) is 3.20. The fourth-order valence-electron chi connectivity index (χ4n) is 2.69.